The molecule has 4 heterocycles. The third-order valence-electron chi connectivity index (χ3n) is 10.4. The summed E-state index contributed by atoms with van der Waals surface area (Å²) in [7, 11) is 3.26. The molecule has 4 aliphatic rings. The van der Waals surface area contributed by atoms with Crippen LogP contribution < -0.4 is 14.8 Å². The van der Waals surface area contributed by atoms with Gasteiger partial charge in [-0.05, 0) is 76.9 Å². The first-order chi connectivity index (χ1) is 29.9. The zero-order valence-corrected chi connectivity index (χ0v) is 39.5. The number of thioether (sulfide) groups is 2. The van der Waals surface area contributed by atoms with Gasteiger partial charge in [-0.2, -0.15) is 0 Å². The Morgan fingerprint density at radius 3 is 1.65 bits per heavy atom. The molecule has 2 saturated heterocycles. The Labute approximate surface area is 379 Å². The number of methoxy groups -OCH3 is 2. The van der Waals surface area contributed by atoms with Gasteiger partial charge in [0.25, 0.3) is 0 Å². The molecule has 0 aliphatic carbocycles. The number of carbonyl (C=O) groups is 2. The highest BCUT2D eigenvalue weighted by molar-refractivity contribution is 8.14. The summed E-state index contributed by atoms with van der Waals surface area (Å²) in [5.41, 5.74) is 0.0619. The minimum atomic E-state index is -0.635. The number of benzene rings is 2. The van der Waals surface area contributed by atoms with Gasteiger partial charge in [0.05, 0.1) is 65.1 Å². The molecule has 2 amide bonds. The molecule has 4 aliphatic heterocycles. The second-order valence-electron chi connectivity index (χ2n) is 17.5. The van der Waals surface area contributed by atoms with Crippen LogP contribution >= 0.6 is 23.5 Å². The van der Waals surface area contributed by atoms with Crippen LogP contribution in [0.1, 0.15) is 66.5 Å². The van der Waals surface area contributed by atoms with Crippen molar-refractivity contribution in [3.63, 3.8) is 0 Å². The van der Waals surface area contributed by atoms with Crippen molar-refractivity contribution in [2.45, 2.75) is 127 Å². The van der Waals surface area contributed by atoms with Gasteiger partial charge in [-0.25, -0.2) is 9.59 Å². The molecule has 6 rings (SSSR count). The highest BCUT2D eigenvalue weighted by Gasteiger charge is 2.50. The standard InChI is InChI=1S/C24H34N2O6S.C21H30N2O6S/c1-7-12-26(23(28)32-24(3,4)5)22-25-19-20(15(2)18(13-27)31-21(19)33-22)30-14-16-8-10-17(29-6)11-9-16;1-12-15(10-24)28-18-16(22-19(30-18)23-20(25)29-21(2,3)4)17(12)27-11-13-6-8-14(26-5)9-7-13/h7-11,15,18-21,27H,1,12-14H2,2-6H3;6-9,12,15-18,24H,10-11H2,1-5H3,(H,22,23,25)/t15-,18-,19-,20+,21-;12-,15-,16-,17+,18-/m11/s1. The van der Waals surface area contributed by atoms with Crippen molar-refractivity contribution in [3.05, 3.63) is 72.3 Å². The van der Waals surface area contributed by atoms with Crippen molar-refractivity contribution >= 4 is 46.0 Å². The van der Waals surface area contributed by atoms with Gasteiger partial charge in [0, 0.05) is 18.4 Å². The van der Waals surface area contributed by atoms with Crippen LogP contribution in [0.2, 0.25) is 0 Å². The average Bonchev–Trinajstić information content (AvgIpc) is 3.84. The lowest BCUT2D eigenvalue weighted by Gasteiger charge is -2.41. The maximum absolute atomic E-state index is 12.8. The molecule has 0 unspecified atom stereocenters. The molecule has 0 spiro atoms. The Morgan fingerprint density at radius 2 is 1.22 bits per heavy atom. The molecule has 348 valence electrons. The fraction of sp³-hybridized carbons (Fsp3) is 0.600. The van der Waals surface area contributed by atoms with Gasteiger partial charge < -0.3 is 48.1 Å². The second kappa shape index (κ2) is 22.3. The Balaban J connectivity index is 0.000000239. The van der Waals surface area contributed by atoms with Gasteiger partial charge in [-0.15, -0.1) is 6.58 Å². The number of aliphatic hydroxyl groups is 2. The molecule has 0 bridgehead atoms. The van der Waals surface area contributed by atoms with Crippen LogP contribution in [0.25, 0.3) is 0 Å². The Kier molecular flexibility index (Phi) is 17.8. The van der Waals surface area contributed by atoms with E-state index in [-0.39, 0.29) is 79.0 Å². The Hall–Kier alpha value is -3.88. The summed E-state index contributed by atoms with van der Waals surface area (Å²) >= 11 is 2.65. The molecule has 2 fully saturated rings. The van der Waals surface area contributed by atoms with E-state index in [2.05, 4.69) is 16.9 Å². The van der Waals surface area contributed by atoms with Crippen LogP contribution in [0.4, 0.5) is 9.59 Å². The monoisotopic (exact) mass is 916 g/mol. The zero-order valence-electron chi connectivity index (χ0n) is 37.8. The van der Waals surface area contributed by atoms with Gasteiger partial charge >= 0.3 is 12.2 Å². The van der Waals surface area contributed by atoms with E-state index in [9.17, 15) is 19.8 Å². The fourth-order valence-corrected chi connectivity index (χ4v) is 9.44. The second-order valence-corrected chi connectivity index (χ2v) is 19.6. The van der Waals surface area contributed by atoms with Crippen molar-refractivity contribution in [1.29, 1.82) is 0 Å². The average molecular weight is 917 g/mol. The predicted octanol–water partition coefficient (Wildman–Crippen LogP) is 6.76. The van der Waals surface area contributed by atoms with Crippen LogP contribution in [0.15, 0.2) is 71.2 Å². The lowest BCUT2D eigenvalue weighted by molar-refractivity contribution is -0.148. The third-order valence-corrected chi connectivity index (χ3v) is 12.6. The molecule has 0 aromatic heterocycles. The van der Waals surface area contributed by atoms with E-state index in [4.69, 9.17) is 42.9 Å². The number of amides is 2. The molecule has 0 saturated carbocycles. The van der Waals surface area contributed by atoms with E-state index in [1.165, 1.54) is 28.4 Å². The van der Waals surface area contributed by atoms with Gasteiger partial charge in [-0.1, -0.05) is 67.7 Å². The smallest absolute Gasteiger partial charge is 0.416 e. The van der Waals surface area contributed by atoms with Crippen LogP contribution in [-0.2, 0) is 41.6 Å². The van der Waals surface area contributed by atoms with Crippen molar-refractivity contribution in [2.24, 2.45) is 21.8 Å². The predicted molar refractivity (Wildman–Crippen MR) is 243 cm³/mol. The largest absolute Gasteiger partial charge is 0.497 e. The number of rotatable bonds is 12. The van der Waals surface area contributed by atoms with E-state index in [1.807, 2.05) is 83.1 Å². The van der Waals surface area contributed by atoms with Gasteiger partial charge in [0.2, 0.25) is 0 Å². The molecule has 63 heavy (non-hydrogen) atoms. The highest BCUT2D eigenvalue weighted by atomic mass is 32.2. The third kappa shape index (κ3) is 13.8. The number of hydrogen-bond donors (Lipinski definition) is 3. The maximum Gasteiger partial charge on any atom is 0.416 e. The molecule has 16 nitrogen and oxygen atoms in total. The number of amidine groups is 2. The molecule has 10 atom stereocenters. The minimum Gasteiger partial charge on any atom is -0.497 e. The Bertz CT molecular complexity index is 1890. The van der Waals surface area contributed by atoms with Crippen molar-refractivity contribution in [2.75, 3.05) is 34.0 Å². The normalized spacial score (nSPS) is 27.6. The summed E-state index contributed by atoms with van der Waals surface area (Å²) in [5, 5.41) is 23.3. The minimum absolute atomic E-state index is 0.0697. The first-order valence-electron chi connectivity index (χ1n) is 21.0. The highest BCUT2D eigenvalue weighted by Crippen LogP contribution is 2.42. The van der Waals surface area contributed by atoms with Crippen LogP contribution in [-0.4, -0.2) is 130 Å². The number of alkyl carbamates (subject to hydrolysis) is 1. The van der Waals surface area contributed by atoms with E-state index in [0.717, 1.165) is 22.6 Å². The van der Waals surface area contributed by atoms with Crippen molar-refractivity contribution < 1.29 is 57.7 Å². The summed E-state index contributed by atoms with van der Waals surface area (Å²) in [6.07, 6.45) is -0.735. The quantitative estimate of drug-likeness (QED) is 0.190. The van der Waals surface area contributed by atoms with Gasteiger partial charge in [0.1, 0.15) is 45.7 Å². The molecule has 2 aromatic carbocycles. The van der Waals surface area contributed by atoms with Gasteiger partial charge in [0.15, 0.2) is 10.3 Å². The first kappa shape index (κ1) is 50.1. The maximum atomic E-state index is 12.8. The number of nitrogens with zero attached hydrogens (tertiary/aromatic N) is 3. The number of aliphatic hydroxyl groups excluding tert-OH is 2. The SMILES string of the molecule is C=CCN(C(=O)OC(C)(C)C)C1=N[C@@H]2[C@@H](OCc3ccc(OC)cc3)[C@H](C)[C@@H](CO)O[C@@H]2S1.COc1ccc(CO[C@H]2[C@H](C)[C@@H](CO)O[C@@H]3SC(NC(=O)OC(C)(C)C)=N[C@H]23)cc1. The fourth-order valence-electron chi connectivity index (χ4n) is 7.12. The first-order valence-corrected chi connectivity index (χ1v) is 22.7. The van der Waals surface area contributed by atoms with E-state index in [1.54, 1.807) is 41.1 Å². The summed E-state index contributed by atoms with van der Waals surface area (Å²) in [6, 6.07) is 14.7. The van der Waals surface area contributed by atoms with Crippen molar-refractivity contribution in [3.8, 4) is 11.5 Å². The molecule has 0 radical (unpaired) electrons. The van der Waals surface area contributed by atoms with E-state index < -0.39 is 23.4 Å². The lowest BCUT2D eigenvalue weighted by atomic mass is 9.90. The van der Waals surface area contributed by atoms with E-state index in [0.29, 0.717) is 23.5 Å². The molecule has 2 aromatic rings. The molecule has 18 heteroatoms. The number of aliphatic imine (C=N–C) groups is 2. The molecular weight excluding hydrogens is 853 g/mol. The summed E-state index contributed by atoms with van der Waals surface area (Å²) in [4.78, 5) is 35.8. The number of nitrogens with one attached hydrogen (secondary N) is 1. The number of ether oxygens (including phenoxy) is 8. The molecular formula is C45H64N4O12S2. The topological polar surface area (TPSA) is 188 Å². The van der Waals surface area contributed by atoms with E-state index >= 15 is 0 Å². The Morgan fingerprint density at radius 1 is 0.762 bits per heavy atom. The van der Waals surface area contributed by atoms with Crippen molar-refractivity contribution in [1.82, 2.24) is 10.2 Å². The van der Waals surface area contributed by atoms with Crippen LogP contribution in [0, 0.1) is 11.8 Å². The summed E-state index contributed by atoms with van der Waals surface area (Å²) in [6.45, 7) is 19.4. The number of hydrogen-bond acceptors (Lipinski definition) is 16. The van der Waals surface area contributed by atoms with Crippen LogP contribution in [0.3, 0.4) is 0 Å². The lowest BCUT2D eigenvalue weighted by Crippen LogP contribution is -2.52. The van der Waals surface area contributed by atoms with Gasteiger partial charge in [-0.3, -0.25) is 20.2 Å². The molecule has 3 N–H and O–H groups in total. The number of fused-ring (bicyclic) bond motifs is 2. The summed E-state index contributed by atoms with van der Waals surface area (Å²) in [5.74, 6) is 1.41. The zero-order chi connectivity index (χ0) is 46.1. The number of carbonyl (C=O) groups excluding carboxylic acids is 2. The summed E-state index contributed by atoms with van der Waals surface area (Å²) < 4.78 is 45.9. The van der Waals surface area contributed by atoms with Crippen LogP contribution in [0.5, 0.6) is 11.5 Å².